The third kappa shape index (κ3) is 4.67. The number of Topliss-reactive ketones (excluding diaryl/α,β-unsaturated/α-hetero) is 1. The van der Waals surface area contributed by atoms with Crippen molar-refractivity contribution in [3.05, 3.63) is 24.3 Å². The van der Waals surface area contributed by atoms with Crippen LogP contribution in [0.4, 0.5) is 10.8 Å². The molecule has 0 fully saturated rings. The topological polar surface area (TPSA) is 93.2 Å². The molecule has 1 aromatic heterocycles. The SMILES string of the molecule is CNC(=O)[C@H](Sc1nnc(Nc2ccc(OC)cc2)s1)C(C)=O. The number of carbonyl (C=O) groups excluding carboxylic acids is 2. The van der Waals surface area contributed by atoms with Crippen molar-refractivity contribution in [3.8, 4) is 5.75 Å². The van der Waals surface area contributed by atoms with Crippen LogP contribution in [0.1, 0.15) is 6.92 Å². The first kappa shape index (κ1) is 17.2. The smallest absolute Gasteiger partial charge is 0.240 e. The van der Waals surface area contributed by atoms with Gasteiger partial charge in [-0.15, -0.1) is 10.2 Å². The lowest BCUT2D eigenvalue weighted by Gasteiger charge is -2.08. The first-order valence-electron chi connectivity index (χ1n) is 6.66. The van der Waals surface area contributed by atoms with E-state index in [0.717, 1.165) is 23.2 Å². The molecule has 0 aliphatic rings. The molecular weight excluding hydrogens is 336 g/mol. The van der Waals surface area contributed by atoms with E-state index in [4.69, 9.17) is 4.74 Å². The van der Waals surface area contributed by atoms with Crippen molar-refractivity contribution in [1.29, 1.82) is 0 Å². The fraction of sp³-hybridized carbons (Fsp3) is 0.286. The fourth-order valence-corrected chi connectivity index (χ4v) is 3.55. The minimum Gasteiger partial charge on any atom is -0.497 e. The van der Waals surface area contributed by atoms with Crippen LogP contribution in [0.3, 0.4) is 0 Å². The maximum absolute atomic E-state index is 11.7. The highest BCUT2D eigenvalue weighted by Gasteiger charge is 2.25. The molecule has 2 rings (SSSR count). The molecule has 2 N–H and O–H groups in total. The lowest BCUT2D eigenvalue weighted by molar-refractivity contribution is -0.126. The van der Waals surface area contributed by atoms with Crippen molar-refractivity contribution in [2.24, 2.45) is 0 Å². The van der Waals surface area contributed by atoms with E-state index in [2.05, 4.69) is 20.8 Å². The van der Waals surface area contributed by atoms with E-state index in [9.17, 15) is 9.59 Å². The Kier molecular flexibility index (Phi) is 5.94. The zero-order valence-electron chi connectivity index (χ0n) is 12.8. The quantitative estimate of drug-likeness (QED) is 0.582. The standard InChI is InChI=1S/C14H16N4O3S2/c1-8(19)11(12(20)15-2)22-14-18-17-13(23-14)16-9-4-6-10(21-3)7-5-9/h4-7,11H,1-3H3,(H,15,20)(H,16,17)/t11-/m1/s1. The zero-order valence-corrected chi connectivity index (χ0v) is 14.5. The molecule has 0 unspecified atom stereocenters. The molecule has 23 heavy (non-hydrogen) atoms. The van der Waals surface area contributed by atoms with Gasteiger partial charge in [0.05, 0.1) is 7.11 Å². The molecule has 7 nitrogen and oxygen atoms in total. The molecule has 0 saturated carbocycles. The molecule has 0 saturated heterocycles. The molecule has 1 aromatic carbocycles. The lowest BCUT2D eigenvalue weighted by Crippen LogP contribution is -2.34. The molecule has 0 spiro atoms. The van der Waals surface area contributed by atoms with E-state index in [1.54, 1.807) is 7.11 Å². The number of hydrogen-bond donors (Lipinski definition) is 2. The van der Waals surface area contributed by atoms with Crippen LogP contribution in [-0.2, 0) is 9.59 Å². The largest absolute Gasteiger partial charge is 0.497 e. The summed E-state index contributed by atoms with van der Waals surface area (Å²) >= 11 is 2.37. The summed E-state index contributed by atoms with van der Waals surface area (Å²) in [7, 11) is 3.10. The molecule has 0 bridgehead atoms. The predicted octanol–water partition coefficient (Wildman–Crippen LogP) is 2.09. The third-order valence-electron chi connectivity index (χ3n) is 2.82. The second-order valence-electron chi connectivity index (χ2n) is 4.45. The summed E-state index contributed by atoms with van der Waals surface area (Å²) in [6.07, 6.45) is 0. The number of amides is 1. The highest BCUT2D eigenvalue weighted by Crippen LogP contribution is 2.31. The average molecular weight is 352 g/mol. The Morgan fingerprint density at radius 3 is 2.52 bits per heavy atom. The van der Waals surface area contributed by atoms with Crippen molar-refractivity contribution in [2.75, 3.05) is 19.5 Å². The molecule has 9 heteroatoms. The molecule has 1 heterocycles. The number of anilines is 2. The Morgan fingerprint density at radius 2 is 1.96 bits per heavy atom. The number of aromatic nitrogens is 2. The van der Waals surface area contributed by atoms with Gasteiger partial charge in [0.2, 0.25) is 11.0 Å². The first-order chi connectivity index (χ1) is 11.0. The number of hydrogen-bond acceptors (Lipinski definition) is 8. The minimum atomic E-state index is -0.818. The van der Waals surface area contributed by atoms with Gasteiger partial charge in [0.1, 0.15) is 11.0 Å². The average Bonchev–Trinajstić information content (AvgIpc) is 2.99. The van der Waals surface area contributed by atoms with Gasteiger partial charge in [-0.1, -0.05) is 23.1 Å². The Labute approximate surface area is 141 Å². The molecular formula is C14H16N4O3S2. The highest BCUT2D eigenvalue weighted by atomic mass is 32.2. The van der Waals surface area contributed by atoms with E-state index in [1.807, 2.05) is 24.3 Å². The summed E-state index contributed by atoms with van der Waals surface area (Å²) in [5.41, 5.74) is 0.841. The van der Waals surface area contributed by atoms with E-state index >= 15 is 0 Å². The number of rotatable bonds is 7. The summed E-state index contributed by atoms with van der Waals surface area (Å²) in [5, 5.41) is 13.4. The minimum absolute atomic E-state index is 0.228. The van der Waals surface area contributed by atoms with Crippen LogP contribution in [0.5, 0.6) is 5.75 Å². The van der Waals surface area contributed by atoms with Crippen LogP contribution >= 0.6 is 23.1 Å². The van der Waals surface area contributed by atoms with Crippen molar-refractivity contribution >= 4 is 45.6 Å². The molecule has 122 valence electrons. The van der Waals surface area contributed by atoms with Crippen LogP contribution < -0.4 is 15.4 Å². The maximum Gasteiger partial charge on any atom is 0.240 e. The zero-order chi connectivity index (χ0) is 16.8. The van der Waals surface area contributed by atoms with E-state index in [1.165, 1.54) is 25.3 Å². The van der Waals surface area contributed by atoms with E-state index in [-0.39, 0.29) is 11.7 Å². The predicted molar refractivity (Wildman–Crippen MR) is 90.6 cm³/mol. The Hall–Kier alpha value is -2.13. The number of thioether (sulfide) groups is 1. The first-order valence-corrected chi connectivity index (χ1v) is 8.36. The van der Waals surface area contributed by atoms with E-state index < -0.39 is 5.25 Å². The molecule has 0 aliphatic carbocycles. The Balaban J connectivity index is 2.04. The highest BCUT2D eigenvalue weighted by molar-refractivity contribution is 8.03. The number of ketones is 1. The van der Waals surface area contributed by atoms with Crippen molar-refractivity contribution in [3.63, 3.8) is 0 Å². The number of benzene rings is 1. The van der Waals surface area contributed by atoms with Crippen molar-refractivity contribution in [2.45, 2.75) is 16.5 Å². The molecule has 0 aliphatic heterocycles. The van der Waals surface area contributed by atoms with Crippen LogP contribution in [0.25, 0.3) is 0 Å². The van der Waals surface area contributed by atoms with Gasteiger partial charge >= 0.3 is 0 Å². The van der Waals surface area contributed by atoms with Gasteiger partial charge in [-0.2, -0.15) is 0 Å². The van der Waals surface area contributed by atoms with Gasteiger partial charge in [0.25, 0.3) is 0 Å². The summed E-state index contributed by atoms with van der Waals surface area (Å²) in [5.74, 6) is 0.190. The van der Waals surface area contributed by atoms with Crippen LogP contribution in [0.15, 0.2) is 28.6 Å². The van der Waals surface area contributed by atoms with E-state index in [0.29, 0.717) is 9.47 Å². The molecule has 0 radical (unpaired) electrons. The number of nitrogens with one attached hydrogen (secondary N) is 2. The number of ether oxygens (including phenoxy) is 1. The number of nitrogens with zero attached hydrogens (tertiary/aromatic N) is 2. The fourth-order valence-electron chi connectivity index (χ4n) is 1.66. The summed E-state index contributed by atoms with van der Waals surface area (Å²) in [6.45, 7) is 1.38. The Morgan fingerprint density at radius 1 is 1.26 bits per heavy atom. The number of carbonyl (C=O) groups is 2. The second-order valence-corrected chi connectivity index (χ2v) is 6.78. The summed E-state index contributed by atoms with van der Waals surface area (Å²) in [4.78, 5) is 23.2. The summed E-state index contributed by atoms with van der Waals surface area (Å²) in [6, 6.07) is 7.37. The monoisotopic (exact) mass is 352 g/mol. The molecule has 1 amide bonds. The van der Waals surface area contributed by atoms with Crippen LogP contribution in [0.2, 0.25) is 0 Å². The third-order valence-corrected chi connectivity index (χ3v) is 5.06. The lowest BCUT2D eigenvalue weighted by atomic mass is 10.3. The van der Waals surface area contributed by atoms with Gasteiger partial charge < -0.3 is 15.4 Å². The van der Waals surface area contributed by atoms with Crippen molar-refractivity contribution in [1.82, 2.24) is 15.5 Å². The Bertz CT molecular complexity index is 688. The number of methoxy groups -OCH3 is 1. The molecule has 2 aromatic rings. The van der Waals surface area contributed by atoms with Crippen molar-refractivity contribution < 1.29 is 14.3 Å². The van der Waals surface area contributed by atoms with Gasteiger partial charge in [-0.05, 0) is 31.2 Å². The maximum atomic E-state index is 11.7. The van der Waals surface area contributed by atoms with Gasteiger partial charge in [0.15, 0.2) is 10.1 Å². The van der Waals surface area contributed by atoms with Gasteiger partial charge in [-0.25, -0.2) is 0 Å². The van der Waals surface area contributed by atoms with Crippen LogP contribution in [-0.4, -0.2) is 41.3 Å². The van der Waals surface area contributed by atoms with Crippen LogP contribution in [0, 0.1) is 0 Å². The second kappa shape index (κ2) is 7.93. The summed E-state index contributed by atoms with van der Waals surface area (Å²) < 4.78 is 5.64. The normalized spacial score (nSPS) is 11.6. The van der Waals surface area contributed by atoms with Gasteiger partial charge in [0, 0.05) is 12.7 Å². The molecule has 1 atom stereocenters. The van der Waals surface area contributed by atoms with Gasteiger partial charge in [-0.3, -0.25) is 9.59 Å².